The summed E-state index contributed by atoms with van der Waals surface area (Å²) >= 11 is 0. The number of nitrogens with zero attached hydrogens (tertiary/aromatic N) is 1. The zero-order chi connectivity index (χ0) is 14.4. The van der Waals surface area contributed by atoms with Gasteiger partial charge >= 0.3 is 0 Å². The molecule has 1 unspecified atom stereocenters. The zero-order valence-corrected chi connectivity index (χ0v) is 12.8. The summed E-state index contributed by atoms with van der Waals surface area (Å²) in [4.78, 5) is 14.2. The van der Waals surface area contributed by atoms with Gasteiger partial charge in [-0.3, -0.25) is 4.90 Å². The van der Waals surface area contributed by atoms with Crippen LogP contribution in [0.2, 0.25) is 0 Å². The maximum absolute atomic E-state index is 11.7. The summed E-state index contributed by atoms with van der Waals surface area (Å²) < 4.78 is 0. The quantitative estimate of drug-likeness (QED) is 0.735. The molecular weight excluding hydrogens is 246 g/mol. The molecule has 110 valence electrons. The van der Waals surface area contributed by atoms with Crippen molar-refractivity contribution in [3.8, 4) is 0 Å². The van der Waals surface area contributed by atoms with E-state index in [0.717, 1.165) is 24.9 Å². The lowest BCUT2D eigenvalue weighted by atomic mass is 9.82. The third kappa shape index (κ3) is 3.49. The lowest BCUT2D eigenvalue weighted by molar-refractivity contribution is -0.113. The highest BCUT2D eigenvalue weighted by molar-refractivity contribution is 5.68. The molecular formula is C18H27NO. The van der Waals surface area contributed by atoms with E-state index in [9.17, 15) is 4.79 Å². The van der Waals surface area contributed by atoms with Crippen LogP contribution in [0.1, 0.15) is 51.5 Å². The molecule has 2 heteroatoms. The predicted octanol–water partition coefficient (Wildman–Crippen LogP) is 3.80. The Kier molecular flexibility index (Phi) is 5.36. The molecule has 1 saturated carbocycles. The van der Waals surface area contributed by atoms with Crippen LogP contribution in [0, 0.1) is 0 Å². The molecule has 20 heavy (non-hydrogen) atoms. The number of carbonyl (C=O) groups is 1. The second-order valence-corrected chi connectivity index (χ2v) is 6.26. The minimum atomic E-state index is -0.394. The molecule has 0 amide bonds. The predicted molar refractivity (Wildman–Crippen MR) is 84.0 cm³/mol. The van der Waals surface area contributed by atoms with Crippen molar-refractivity contribution < 1.29 is 4.79 Å². The summed E-state index contributed by atoms with van der Waals surface area (Å²) in [5.41, 5.74) is 0.735. The van der Waals surface area contributed by atoms with Crippen molar-refractivity contribution >= 4 is 6.29 Å². The van der Waals surface area contributed by atoms with Crippen LogP contribution in [-0.4, -0.2) is 30.3 Å². The van der Waals surface area contributed by atoms with Crippen LogP contribution in [0.15, 0.2) is 30.3 Å². The van der Waals surface area contributed by atoms with Gasteiger partial charge in [0.1, 0.15) is 6.29 Å². The molecule has 1 aromatic rings. The molecule has 0 saturated heterocycles. The average Bonchev–Trinajstić information content (AvgIpc) is 2.54. The second kappa shape index (κ2) is 7.03. The smallest absolute Gasteiger partial charge is 0.131 e. The van der Waals surface area contributed by atoms with Crippen LogP contribution in [-0.2, 0) is 10.2 Å². The Morgan fingerprint density at radius 1 is 1.20 bits per heavy atom. The van der Waals surface area contributed by atoms with E-state index in [-0.39, 0.29) is 0 Å². The van der Waals surface area contributed by atoms with Gasteiger partial charge < -0.3 is 4.79 Å². The lowest BCUT2D eigenvalue weighted by Crippen LogP contribution is -2.45. The van der Waals surface area contributed by atoms with Gasteiger partial charge in [-0.05, 0) is 31.9 Å². The topological polar surface area (TPSA) is 20.3 Å². The fourth-order valence-electron chi connectivity index (χ4n) is 3.38. The number of hydrogen-bond donors (Lipinski definition) is 0. The van der Waals surface area contributed by atoms with Gasteiger partial charge in [0.25, 0.3) is 0 Å². The van der Waals surface area contributed by atoms with Crippen LogP contribution in [0.25, 0.3) is 0 Å². The van der Waals surface area contributed by atoms with Crippen molar-refractivity contribution in [2.45, 2.75) is 57.4 Å². The van der Waals surface area contributed by atoms with Crippen molar-refractivity contribution in [2.24, 2.45) is 0 Å². The molecule has 0 bridgehead atoms. The first-order valence-corrected chi connectivity index (χ1v) is 7.95. The number of likely N-dealkylation sites (N-methyl/N-ethyl adjacent to an activating group) is 1. The first-order valence-electron chi connectivity index (χ1n) is 7.95. The van der Waals surface area contributed by atoms with Crippen molar-refractivity contribution in [3.05, 3.63) is 35.9 Å². The maximum Gasteiger partial charge on any atom is 0.131 e. The Morgan fingerprint density at radius 2 is 1.85 bits per heavy atom. The summed E-state index contributed by atoms with van der Waals surface area (Å²) in [5.74, 6) is 0. The summed E-state index contributed by atoms with van der Waals surface area (Å²) in [6.07, 6.45) is 7.76. The molecule has 0 spiro atoms. The summed E-state index contributed by atoms with van der Waals surface area (Å²) in [7, 11) is 0. The van der Waals surface area contributed by atoms with Crippen molar-refractivity contribution in [1.82, 2.24) is 4.90 Å². The molecule has 0 aromatic heterocycles. The van der Waals surface area contributed by atoms with Crippen molar-refractivity contribution in [1.29, 1.82) is 0 Å². The van der Waals surface area contributed by atoms with Crippen molar-refractivity contribution in [2.75, 3.05) is 13.1 Å². The fourth-order valence-corrected chi connectivity index (χ4v) is 3.38. The third-order valence-electron chi connectivity index (χ3n) is 4.72. The Balaban J connectivity index is 2.12. The van der Waals surface area contributed by atoms with Gasteiger partial charge in [-0.25, -0.2) is 0 Å². The molecule has 0 heterocycles. The summed E-state index contributed by atoms with van der Waals surface area (Å²) in [5, 5.41) is 0. The summed E-state index contributed by atoms with van der Waals surface area (Å²) in [6.45, 7) is 6.15. The first-order chi connectivity index (χ1) is 9.69. The molecule has 2 rings (SSSR count). The minimum Gasteiger partial charge on any atom is -0.302 e. The second-order valence-electron chi connectivity index (χ2n) is 6.26. The largest absolute Gasteiger partial charge is 0.302 e. The Labute approximate surface area is 123 Å². The van der Waals surface area contributed by atoms with Gasteiger partial charge in [-0.2, -0.15) is 0 Å². The molecule has 2 nitrogen and oxygen atoms in total. The van der Waals surface area contributed by atoms with Crippen LogP contribution in [0.4, 0.5) is 0 Å². The third-order valence-corrected chi connectivity index (χ3v) is 4.72. The zero-order valence-electron chi connectivity index (χ0n) is 12.8. The van der Waals surface area contributed by atoms with Gasteiger partial charge in [0.05, 0.1) is 5.41 Å². The molecule has 1 aliphatic rings. The van der Waals surface area contributed by atoms with E-state index in [1.54, 1.807) is 0 Å². The molecule has 0 radical (unpaired) electrons. The summed E-state index contributed by atoms with van der Waals surface area (Å²) in [6, 6.07) is 10.9. The van der Waals surface area contributed by atoms with Gasteiger partial charge in [0, 0.05) is 12.6 Å². The van der Waals surface area contributed by atoms with E-state index in [1.807, 2.05) is 18.2 Å². The highest BCUT2D eigenvalue weighted by Gasteiger charge is 2.31. The van der Waals surface area contributed by atoms with Gasteiger partial charge in [-0.1, -0.05) is 56.5 Å². The molecule has 1 aliphatic carbocycles. The van der Waals surface area contributed by atoms with E-state index < -0.39 is 5.41 Å². The molecule has 1 aromatic carbocycles. The number of hydrogen-bond acceptors (Lipinski definition) is 2. The first kappa shape index (κ1) is 15.2. The van der Waals surface area contributed by atoms with E-state index in [4.69, 9.17) is 0 Å². The van der Waals surface area contributed by atoms with E-state index in [2.05, 4.69) is 30.9 Å². The van der Waals surface area contributed by atoms with E-state index >= 15 is 0 Å². The van der Waals surface area contributed by atoms with Crippen LogP contribution < -0.4 is 0 Å². The monoisotopic (exact) mass is 273 g/mol. The highest BCUT2D eigenvalue weighted by atomic mass is 16.1. The molecule has 1 fully saturated rings. The maximum atomic E-state index is 11.7. The van der Waals surface area contributed by atoms with Crippen molar-refractivity contribution in [3.63, 3.8) is 0 Å². The highest BCUT2D eigenvalue weighted by Crippen LogP contribution is 2.28. The number of carbonyl (C=O) groups excluding carboxylic acids is 1. The average molecular weight is 273 g/mol. The standard InChI is InChI=1S/C18H27NO/c1-3-19(17-12-8-5-9-13-17)14-18(2,15-20)16-10-6-4-7-11-16/h4,6-7,10-11,15,17H,3,5,8-9,12-14H2,1-2H3. The van der Waals surface area contributed by atoms with Crippen LogP contribution in [0.5, 0.6) is 0 Å². The number of benzene rings is 1. The Morgan fingerprint density at radius 3 is 2.40 bits per heavy atom. The Bertz CT molecular complexity index is 411. The number of aldehydes is 1. The molecule has 0 N–H and O–H groups in total. The van der Waals surface area contributed by atoms with Gasteiger partial charge in [0.15, 0.2) is 0 Å². The van der Waals surface area contributed by atoms with Crippen LogP contribution in [0.3, 0.4) is 0 Å². The SMILES string of the molecule is CCN(CC(C)(C=O)c1ccccc1)C1CCCCC1. The minimum absolute atomic E-state index is 0.394. The normalized spacial score (nSPS) is 19.8. The Hall–Kier alpha value is -1.15. The van der Waals surface area contributed by atoms with E-state index in [0.29, 0.717) is 6.04 Å². The molecule has 1 atom stereocenters. The fraction of sp³-hybridized carbons (Fsp3) is 0.611. The van der Waals surface area contributed by atoms with E-state index in [1.165, 1.54) is 32.1 Å². The van der Waals surface area contributed by atoms with Gasteiger partial charge in [0.2, 0.25) is 0 Å². The van der Waals surface area contributed by atoms with Gasteiger partial charge in [-0.15, -0.1) is 0 Å². The lowest BCUT2D eigenvalue weighted by Gasteiger charge is -2.38. The van der Waals surface area contributed by atoms with Crippen LogP contribution >= 0.6 is 0 Å². The number of rotatable bonds is 6. The molecule has 0 aliphatic heterocycles.